The Morgan fingerprint density at radius 3 is 2.36 bits per heavy atom. The van der Waals surface area contributed by atoms with Crippen LogP contribution in [0.4, 0.5) is 0 Å². The molecule has 1 amide bonds. The van der Waals surface area contributed by atoms with E-state index in [1.54, 1.807) is 0 Å². The molecule has 0 bridgehead atoms. The summed E-state index contributed by atoms with van der Waals surface area (Å²) < 4.78 is 6.11. The zero-order valence-electron chi connectivity index (χ0n) is 16.5. The summed E-state index contributed by atoms with van der Waals surface area (Å²) in [5, 5.41) is 3.21. The number of benzene rings is 3. The van der Waals surface area contributed by atoms with Crippen LogP contribution in [0.15, 0.2) is 72.8 Å². The minimum absolute atomic E-state index is 0.0604. The maximum absolute atomic E-state index is 12.9. The molecule has 1 atom stereocenters. The summed E-state index contributed by atoms with van der Waals surface area (Å²) in [4.78, 5) is 12.9. The lowest BCUT2D eigenvalue weighted by molar-refractivity contribution is 0.0619. The zero-order valence-corrected chi connectivity index (χ0v) is 16.5. The number of hydrogen-bond donors (Lipinski definition) is 1. The van der Waals surface area contributed by atoms with Gasteiger partial charge in [0.1, 0.15) is 11.4 Å². The van der Waals surface area contributed by atoms with Gasteiger partial charge in [-0.3, -0.25) is 4.79 Å². The largest absolute Gasteiger partial charge is 0.487 e. The Morgan fingerprint density at radius 2 is 1.64 bits per heavy atom. The number of carbonyl (C=O) groups is 1. The maximum atomic E-state index is 12.9. The van der Waals surface area contributed by atoms with Crippen LogP contribution in [0.25, 0.3) is 11.1 Å². The highest BCUT2D eigenvalue weighted by molar-refractivity contribution is 5.95. The molecule has 1 N–H and O–H groups in total. The monoisotopic (exact) mass is 371 g/mol. The van der Waals surface area contributed by atoms with E-state index in [9.17, 15) is 4.79 Å². The molecular formula is C25H25NO2. The van der Waals surface area contributed by atoms with Crippen LogP contribution in [0.2, 0.25) is 0 Å². The molecule has 0 saturated carbocycles. The third kappa shape index (κ3) is 3.79. The quantitative estimate of drug-likeness (QED) is 0.642. The van der Waals surface area contributed by atoms with Gasteiger partial charge in [-0.2, -0.15) is 0 Å². The van der Waals surface area contributed by atoms with Gasteiger partial charge in [-0.05, 0) is 50.1 Å². The topological polar surface area (TPSA) is 38.3 Å². The Balaban J connectivity index is 1.56. The number of nitrogens with one attached hydrogen (secondary N) is 1. The molecule has 0 unspecified atom stereocenters. The van der Waals surface area contributed by atoms with Crippen LogP contribution >= 0.6 is 0 Å². The lowest BCUT2D eigenvalue weighted by Gasteiger charge is -2.38. The highest BCUT2D eigenvalue weighted by Gasteiger charge is 2.34. The number of ether oxygens (including phenoxy) is 1. The molecule has 0 aliphatic carbocycles. The van der Waals surface area contributed by atoms with E-state index in [4.69, 9.17) is 4.74 Å². The van der Waals surface area contributed by atoms with Crippen molar-refractivity contribution in [3.63, 3.8) is 0 Å². The van der Waals surface area contributed by atoms with Crippen molar-refractivity contribution in [1.82, 2.24) is 5.32 Å². The van der Waals surface area contributed by atoms with E-state index >= 15 is 0 Å². The molecule has 28 heavy (non-hydrogen) atoms. The minimum atomic E-state index is -0.322. The number of carbonyl (C=O) groups excluding carboxylic acids is 1. The van der Waals surface area contributed by atoms with Crippen molar-refractivity contribution in [3.05, 3.63) is 89.5 Å². The summed E-state index contributed by atoms with van der Waals surface area (Å²) in [7, 11) is 0. The number of rotatable bonds is 3. The van der Waals surface area contributed by atoms with Crippen LogP contribution in [0, 0.1) is 6.92 Å². The molecule has 0 aromatic heterocycles. The average molecular weight is 371 g/mol. The standard InChI is InChI=1S/C25H25NO2/c1-17-9-14-23-21(15-17)22(16-25(2,3)28-23)26-24(27)20-12-10-19(11-13-20)18-7-5-4-6-8-18/h4-15,22H,16H2,1-3H3,(H,26,27)/t22-/m1/s1. The number of fused-ring (bicyclic) bond motifs is 1. The number of amides is 1. The Morgan fingerprint density at radius 1 is 0.964 bits per heavy atom. The predicted molar refractivity (Wildman–Crippen MR) is 113 cm³/mol. The molecule has 3 aromatic rings. The second kappa shape index (κ2) is 7.16. The predicted octanol–water partition coefficient (Wildman–Crippen LogP) is 5.69. The van der Waals surface area contributed by atoms with Crippen LogP contribution < -0.4 is 10.1 Å². The van der Waals surface area contributed by atoms with E-state index in [0.29, 0.717) is 5.56 Å². The van der Waals surface area contributed by atoms with Crippen molar-refractivity contribution >= 4 is 5.91 Å². The molecule has 3 heteroatoms. The van der Waals surface area contributed by atoms with E-state index in [2.05, 4.69) is 44.3 Å². The fourth-order valence-corrected chi connectivity index (χ4v) is 3.79. The van der Waals surface area contributed by atoms with Crippen LogP contribution in [0.3, 0.4) is 0 Å². The molecule has 142 valence electrons. The lowest BCUT2D eigenvalue weighted by atomic mass is 9.88. The Labute approximate surface area is 166 Å². The molecule has 0 radical (unpaired) electrons. The van der Waals surface area contributed by atoms with Gasteiger partial charge in [0.15, 0.2) is 0 Å². The lowest BCUT2D eigenvalue weighted by Crippen LogP contribution is -2.41. The van der Waals surface area contributed by atoms with Gasteiger partial charge in [-0.1, -0.05) is 60.2 Å². The van der Waals surface area contributed by atoms with Crippen molar-refractivity contribution in [2.24, 2.45) is 0 Å². The number of aryl methyl sites for hydroxylation is 1. The van der Waals surface area contributed by atoms with Crippen LogP contribution in [-0.4, -0.2) is 11.5 Å². The minimum Gasteiger partial charge on any atom is -0.487 e. The number of hydrogen-bond acceptors (Lipinski definition) is 2. The molecule has 0 saturated heterocycles. The van der Waals surface area contributed by atoms with E-state index < -0.39 is 0 Å². The zero-order chi connectivity index (χ0) is 19.7. The summed E-state index contributed by atoms with van der Waals surface area (Å²) in [6.07, 6.45) is 0.733. The third-order valence-electron chi connectivity index (χ3n) is 5.18. The molecule has 4 rings (SSSR count). The summed E-state index contributed by atoms with van der Waals surface area (Å²) in [6, 6.07) is 24.0. The SMILES string of the molecule is Cc1ccc2c(c1)[C@H](NC(=O)c1ccc(-c3ccccc3)cc1)CC(C)(C)O2. The van der Waals surface area contributed by atoms with Crippen molar-refractivity contribution < 1.29 is 9.53 Å². The Hall–Kier alpha value is -3.07. The van der Waals surface area contributed by atoms with E-state index in [1.807, 2.05) is 54.6 Å². The second-order valence-corrected chi connectivity index (χ2v) is 8.08. The molecule has 0 fully saturated rings. The van der Waals surface area contributed by atoms with E-state index in [1.165, 1.54) is 0 Å². The van der Waals surface area contributed by atoms with Gasteiger partial charge in [-0.15, -0.1) is 0 Å². The average Bonchev–Trinajstić information content (AvgIpc) is 2.69. The van der Waals surface area contributed by atoms with Crippen molar-refractivity contribution in [2.75, 3.05) is 0 Å². The van der Waals surface area contributed by atoms with E-state index in [-0.39, 0.29) is 17.6 Å². The summed E-state index contributed by atoms with van der Waals surface area (Å²) in [6.45, 7) is 6.18. The first-order chi connectivity index (χ1) is 13.4. The molecule has 3 aromatic carbocycles. The highest BCUT2D eigenvalue weighted by Crippen LogP contribution is 2.40. The van der Waals surface area contributed by atoms with Crippen molar-refractivity contribution in [2.45, 2.75) is 38.8 Å². The first-order valence-corrected chi connectivity index (χ1v) is 9.67. The molecule has 1 heterocycles. The van der Waals surface area contributed by atoms with Gasteiger partial charge >= 0.3 is 0 Å². The Bertz CT molecular complexity index is 991. The molecule has 0 spiro atoms. The first kappa shape index (κ1) is 18.3. The molecule has 1 aliphatic rings. The summed E-state index contributed by atoms with van der Waals surface area (Å²) in [5.41, 5.74) is 4.80. The first-order valence-electron chi connectivity index (χ1n) is 9.67. The van der Waals surface area contributed by atoms with Gasteiger partial charge in [0.25, 0.3) is 5.91 Å². The summed E-state index contributed by atoms with van der Waals surface area (Å²) in [5.74, 6) is 0.793. The van der Waals surface area contributed by atoms with Crippen molar-refractivity contribution in [3.8, 4) is 16.9 Å². The van der Waals surface area contributed by atoms with Crippen molar-refractivity contribution in [1.29, 1.82) is 0 Å². The van der Waals surface area contributed by atoms with Gasteiger partial charge in [0.05, 0.1) is 6.04 Å². The van der Waals surface area contributed by atoms with Gasteiger partial charge in [0, 0.05) is 17.5 Å². The van der Waals surface area contributed by atoms with Gasteiger partial charge in [-0.25, -0.2) is 0 Å². The van der Waals surface area contributed by atoms with Gasteiger partial charge < -0.3 is 10.1 Å². The molecule has 3 nitrogen and oxygen atoms in total. The third-order valence-corrected chi connectivity index (χ3v) is 5.18. The fraction of sp³-hybridized carbons (Fsp3) is 0.240. The Kier molecular flexibility index (Phi) is 4.68. The smallest absolute Gasteiger partial charge is 0.251 e. The van der Waals surface area contributed by atoms with Crippen LogP contribution in [0.5, 0.6) is 5.75 Å². The second-order valence-electron chi connectivity index (χ2n) is 8.08. The molecular weight excluding hydrogens is 346 g/mol. The van der Waals surface area contributed by atoms with Gasteiger partial charge in [0.2, 0.25) is 0 Å². The maximum Gasteiger partial charge on any atom is 0.251 e. The highest BCUT2D eigenvalue weighted by atomic mass is 16.5. The molecule has 1 aliphatic heterocycles. The summed E-state index contributed by atoms with van der Waals surface area (Å²) >= 11 is 0. The van der Waals surface area contributed by atoms with E-state index in [0.717, 1.165) is 34.4 Å². The normalized spacial score (nSPS) is 17.3. The van der Waals surface area contributed by atoms with Crippen LogP contribution in [0.1, 0.15) is 47.8 Å². The fourth-order valence-electron chi connectivity index (χ4n) is 3.79. The van der Waals surface area contributed by atoms with Crippen LogP contribution in [-0.2, 0) is 0 Å².